The summed E-state index contributed by atoms with van der Waals surface area (Å²) in [6.45, 7) is 1.56. The summed E-state index contributed by atoms with van der Waals surface area (Å²) in [6, 6.07) is 11.3. The Kier molecular flexibility index (Phi) is 8.28. The molecule has 38 heavy (non-hydrogen) atoms. The standard InChI is InChI=1S/C24H23Cl2N5O5S2/c1-30(2)10-9-27-16-5-8-18-14(11-16)12-20(32)31(23(18)33)17-6-3-15(4-7-17)28-24(34)29-38(35,36)21-13-19(25)22(26)37-21/h3-8,11,13,27H,9-10,12H2,1-2H3,(H2,28,29,34). The van der Waals surface area contributed by atoms with E-state index in [1.165, 1.54) is 24.3 Å². The summed E-state index contributed by atoms with van der Waals surface area (Å²) in [5.74, 6) is -0.834. The Bertz CT molecular complexity index is 1490. The maximum Gasteiger partial charge on any atom is 0.333 e. The number of carbonyl (C=O) groups is 3. The highest BCUT2D eigenvalue weighted by Crippen LogP contribution is 2.34. The van der Waals surface area contributed by atoms with Crippen molar-refractivity contribution >= 4 is 79.5 Å². The van der Waals surface area contributed by atoms with Crippen LogP contribution in [0.5, 0.6) is 0 Å². The minimum Gasteiger partial charge on any atom is -0.384 e. The summed E-state index contributed by atoms with van der Waals surface area (Å²) in [5, 5.41) is 5.74. The van der Waals surface area contributed by atoms with Crippen LogP contribution in [0, 0.1) is 0 Å². The molecule has 1 aliphatic rings. The maximum absolute atomic E-state index is 13.1. The second kappa shape index (κ2) is 11.3. The van der Waals surface area contributed by atoms with Crippen molar-refractivity contribution in [2.75, 3.05) is 42.7 Å². The number of hydrogen-bond donors (Lipinski definition) is 3. The molecule has 1 aromatic heterocycles. The minimum absolute atomic E-state index is 0.0568. The highest BCUT2D eigenvalue weighted by atomic mass is 35.5. The number of halogens is 2. The molecule has 0 saturated heterocycles. The number of nitrogens with zero attached hydrogens (tertiary/aromatic N) is 2. The van der Waals surface area contributed by atoms with Crippen LogP contribution in [0.2, 0.25) is 9.36 Å². The molecule has 2 aromatic carbocycles. The maximum atomic E-state index is 13.1. The molecule has 0 spiro atoms. The number of imide groups is 1. The zero-order chi connectivity index (χ0) is 27.6. The monoisotopic (exact) mass is 595 g/mol. The molecule has 3 N–H and O–H groups in total. The zero-order valence-electron chi connectivity index (χ0n) is 20.2. The number of thiophene rings is 1. The van der Waals surface area contributed by atoms with E-state index in [-0.39, 0.29) is 31.6 Å². The summed E-state index contributed by atoms with van der Waals surface area (Å²) in [5.41, 5.74) is 2.48. The molecule has 0 atom stereocenters. The summed E-state index contributed by atoms with van der Waals surface area (Å²) < 4.78 is 26.5. The number of likely N-dealkylation sites (N-methyl/N-ethyl adjacent to an activating group) is 1. The molecule has 4 amide bonds. The van der Waals surface area contributed by atoms with Crippen molar-refractivity contribution in [3.8, 4) is 0 Å². The third-order valence-electron chi connectivity index (χ3n) is 5.52. The number of nitrogens with one attached hydrogen (secondary N) is 3. The number of rotatable bonds is 8. The van der Waals surface area contributed by atoms with Gasteiger partial charge in [-0.25, -0.2) is 22.8 Å². The fourth-order valence-electron chi connectivity index (χ4n) is 3.70. The van der Waals surface area contributed by atoms with Gasteiger partial charge in [-0.1, -0.05) is 23.2 Å². The molecule has 0 unspecified atom stereocenters. The van der Waals surface area contributed by atoms with Gasteiger partial charge in [-0.05, 0) is 68.2 Å². The van der Waals surface area contributed by atoms with Gasteiger partial charge in [0, 0.05) is 30.0 Å². The fraction of sp³-hybridized carbons (Fsp3) is 0.208. The van der Waals surface area contributed by atoms with E-state index in [4.69, 9.17) is 23.2 Å². The fourth-order valence-corrected chi connectivity index (χ4v) is 6.49. The predicted octanol–water partition coefficient (Wildman–Crippen LogP) is 4.27. The number of amides is 4. The molecule has 0 aliphatic carbocycles. The summed E-state index contributed by atoms with van der Waals surface area (Å²) in [7, 11) is -0.230. The number of benzene rings is 2. The molecular weight excluding hydrogens is 573 g/mol. The van der Waals surface area contributed by atoms with Crippen LogP contribution in [0.1, 0.15) is 15.9 Å². The van der Waals surface area contributed by atoms with Gasteiger partial charge in [-0.2, -0.15) is 0 Å². The van der Waals surface area contributed by atoms with Crippen molar-refractivity contribution in [1.29, 1.82) is 0 Å². The van der Waals surface area contributed by atoms with Crippen LogP contribution < -0.4 is 20.3 Å². The van der Waals surface area contributed by atoms with Crippen molar-refractivity contribution < 1.29 is 22.8 Å². The Morgan fingerprint density at radius 3 is 2.37 bits per heavy atom. The largest absolute Gasteiger partial charge is 0.384 e. The van der Waals surface area contributed by atoms with E-state index >= 15 is 0 Å². The topological polar surface area (TPSA) is 128 Å². The van der Waals surface area contributed by atoms with Crippen molar-refractivity contribution in [3.63, 3.8) is 0 Å². The molecule has 1 aliphatic heterocycles. The van der Waals surface area contributed by atoms with E-state index in [9.17, 15) is 22.8 Å². The second-order valence-electron chi connectivity index (χ2n) is 8.61. The SMILES string of the molecule is CN(C)CCNc1ccc2c(c1)CC(=O)N(c1ccc(NC(=O)NS(=O)(=O)c3cc(Cl)c(Cl)s3)cc1)C2=O. The lowest BCUT2D eigenvalue weighted by Crippen LogP contribution is -2.42. The van der Waals surface area contributed by atoms with Crippen molar-refractivity contribution in [3.05, 3.63) is 69.0 Å². The van der Waals surface area contributed by atoms with Crippen molar-refractivity contribution in [2.45, 2.75) is 10.6 Å². The van der Waals surface area contributed by atoms with Gasteiger partial charge in [-0.3, -0.25) is 9.59 Å². The summed E-state index contributed by atoms with van der Waals surface area (Å²) in [4.78, 5) is 41.4. The molecule has 200 valence electrons. The van der Waals surface area contributed by atoms with E-state index in [2.05, 4.69) is 10.6 Å². The van der Waals surface area contributed by atoms with Crippen LogP contribution in [-0.2, 0) is 21.2 Å². The van der Waals surface area contributed by atoms with Crippen LogP contribution in [-0.4, -0.2) is 58.3 Å². The molecule has 3 aromatic rings. The summed E-state index contributed by atoms with van der Waals surface area (Å²) >= 11 is 12.3. The van der Waals surface area contributed by atoms with Gasteiger partial charge < -0.3 is 15.5 Å². The lowest BCUT2D eigenvalue weighted by atomic mass is 9.97. The highest BCUT2D eigenvalue weighted by Gasteiger charge is 2.32. The Balaban J connectivity index is 1.42. The molecule has 4 rings (SSSR count). The van der Waals surface area contributed by atoms with Crippen LogP contribution in [0.25, 0.3) is 0 Å². The highest BCUT2D eigenvalue weighted by molar-refractivity contribution is 7.92. The molecule has 2 heterocycles. The van der Waals surface area contributed by atoms with Crippen molar-refractivity contribution in [1.82, 2.24) is 9.62 Å². The number of hydrogen-bond acceptors (Lipinski definition) is 8. The normalized spacial score (nSPS) is 13.4. The van der Waals surface area contributed by atoms with E-state index in [1.54, 1.807) is 12.1 Å². The van der Waals surface area contributed by atoms with Gasteiger partial charge in [0.2, 0.25) is 5.91 Å². The molecular formula is C24H23Cl2N5O5S2. The molecule has 10 nitrogen and oxygen atoms in total. The number of anilines is 3. The van der Waals surface area contributed by atoms with Gasteiger partial charge in [0.1, 0.15) is 8.55 Å². The third-order valence-corrected chi connectivity index (χ3v) is 9.19. The van der Waals surface area contributed by atoms with Gasteiger partial charge in [0.05, 0.1) is 17.1 Å². The Hall–Kier alpha value is -3.16. The minimum atomic E-state index is -4.18. The molecule has 0 fully saturated rings. The lowest BCUT2D eigenvalue weighted by Gasteiger charge is -2.27. The quantitative estimate of drug-likeness (QED) is 0.332. The molecule has 14 heteroatoms. The van der Waals surface area contributed by atoms with Gasteiger partial charge >= 0.3 is 6.03 Å². The predicted molar refractivity (Wildman–Crippen MR) is 149 cm³/mol. The second-order valence-corrected chi connectivity index (χ2v) is 12.6. The number of urea groups is 1. The van der Waals surface area contributed by atoms with E-state index in [1.807, 2.05) is 29.8 Å². The van der Waals surface area contributed by atoms with Crippen LogP contribution in [0.15, 0.2) is 52.7 Å². The average Bonchev–Trinajstić information content (AvgIpc) is 3.18. The first-order valence-corrected chi connectivity index (χ1v) is 14.3. The van der Waals surface area contributed by atoms with Gasteiger partial charge in [0.15, 0.2) is 0 Å². The average molecular weight is 597 g/mol. The molecule has 0 bridgehead atoms. The van der Waals surface area contributed by atoms with Crippen LogP contribution >= 0.6 is 34.5 Å². The van der Waals surface area contributed by atoms with E-state index in [0.29, 0.717) is 28.2 Å². The zero-order valence-corrected chi connectivity index (χ0v) is 23.4. The first-order chi connectivity index (χ1) is 17.9. The van der Waals surface area contributed by atoms with Crippen LogP contribution in [0.4, 0.5) is 21.9 Å². The molecule has 0 saturated carbocycles. The first-order valence-electron chi connectivity index (χ1n) is 11.2. The number of carbonyl (C=O) groups excluding carboxylic acids is 3. The third kappa shape index (κ3) is 6.27. The Morgan fingerprint density at radius 1 is 1.05 bits per heavy atom. The van der Waals surface area contributed by atoms with E-state index < -0.39 is 22.0 Å². The van der Waals surface area contributed by atoms with Crippen LogP contribution in [0.3, 0.4) is 0 Å². The first kappa shape index (κ1) is 27.9. The Labute approximate surface area is 233 Å². The number of fused-ring (bicyclic) bond motifs is 1. The summed E-state index contributed by atoms with van der Waals surface area (Å²) in [6.07, 6.45) is 0.0568. The van der Waals surface area contributed by atoms with E-state index in [0.717, 1.165) is 29.7 Å². The smallest absolute Gasteiger partial charge is 0.333 e. The van der Waals surface area contributed by atoms with Gasteiger partial charge in [-0.15, -0.1) is 11.3 Å². The van der Waals surface area contributed by atoms with Gasteiger partial charge in [0.25, 0.3) is 15.9 Å². The van der Waals surface area contributed by atoms with Crippen molar-refractivity contribution in [2.24, 2.45) is 0 Å². The lowest BCUT2D eigenvalue weighted by molar-refractivity contribution is -0.117. The molecule has 0 radical (unpaired) electrons. The Morgan fingerprint density at radius 2 is 1.74 bits per heavy atom. The number of sulfonamides is 1.